The smallest absolute Gasteiger partial charge is 0.305 e. The van der Waals surface area contributed by atoms with E-state index >= 15 is 0 Å². The van der Waals surface area contributed by atoms with Crippen LogP contribution in [0.15, 0.2) is 55.6 Å². The van der Waals surface area contributed by atoms with Gasteiger partial charge in [-0.1, -0.05) is 42.5 Å². The minimum atomic E-state index is -0.602. The molecule has 3 N–H and O–H groups in total. The molecule has 8 heteroatoms. The first kappa shape index (κ1) is 30.5. The Labute approximate surface area is 213 Å². The Morgan fingerprint density at radius 1 is 1.11 bits per heavy atom. The van der Waals surface area contributed by atoms with E-state index in [1.54, 1.807) is 24.8 Å². The molecule has 35 heavy (non-hydrogen) atoms. The van der Waals surface area contributed by atoms with Crippen molar-refractivity contribution < 1.29 is 24.2 Å². The minimum Gasteiger partial charge on any atom is -0.463 e. The lowest BCUT2D eigenvalue weighted by Crippen LogP contribution is -2.45. The number of aliphatic hydroxyl groups excluding tert-OH is 1. The molecule has 1 rings (SSSR count). The van der Waals surface area contributed by atoms with Gasteiger partial charge in [0.15, 0.2) is 0 Å². The number of carbonyl (C=O) groups is 3. The van der Waals surface area contributed by atoms with Gasteiger partial charge < -0.3 is 20.5 Å². The molecule has 0 spiro atoms. The van der Waals surface area contributed by atoms with Crippen molar-refractivity contribution in [3.63, 3.8) is 0 Å². The molecule has 0 saturated carbocycles. The lowest BCUT2D eigenvalue weighted by atomic mass is 9.99. The zero-order valence-corrected chi connectivity index (χ0v) is 21.6. The first-order valence-corrected chi connectivity index (χ1v) is 13.2. The molecule has 1 aromatic carbocycles. The third kappa shape index (κ3) is 14.4. The van der Waals surface area contributed by atoms with Gasteiger partial charge in [0.05, 0.1) is 18.6 Å². The summed E-state index contributed by atoms with van der Waals surface area (Å²) >= 11 is 1.64. The van der Waals surface area contributed by atoms with Gasteiger partial charge in [-0.05, 0) is 38.2 Å². The third-order valence-electron chi connectivity index (χ3n) is 5.20. The minimum absolute atomic E-state index is 0.0187. The van der Waals surface area contributed by atoms with Crippen LogP contribution >= 0.6 is 11.8 Å². The van der Waals surface area contributed by atoms with E-state index in [0.717, 1.165) is 25.0 Å². The summed E-state index contributed by atoms with van der Waals surface area (Å²) in [6, 6.07) is 9.22. The molecule has 3 atom stereocenters. The van der Waals surface area contributed by atoms with Crippen LogP contribution in [0.2, 0.25) is 0 Å². The van der Waals surface area contributed by atoms with Crippen LogP contribution in [0.3, 0.4) is 0 Å². The second kappa shape index (κ2) is 18.7. The van der Waals surface area contributed by atoms with Gasteiger partial charge in [0, 0.05) is 30.4 Å². The van der Waals surface area contributed by atoms with E-state index in [1.165, 1.54) is 5.56 Å². The van der Waals surface area contributed by atoms with Gasteiger partial charge in [0.2, 0.25) is 11.8 Å². The van der Waals surface area contributed by atoms with Crippen molar-refractivity contribution in [2.45, 2.75) is 63.3 Å². The fourth-order valence-corrected chi connectivity index (χ4v) is 4.26. The first-order chi connectivity index (χ1) is 16.9. The standard InChI is InChI=1S/C27H40N2O5S/c1-4-6-7-11-15-26(32)34-18-24(20-35-19-22-13-9-8-10-14-22)29-27(33)23(12-5-2)16-25(31)28-21(3)17-30/h4-5,8-10,13-14,21,23-24,30H,1-2,6-7,11-12,15-20H2,3H3,(H,28,31)(H,29,33)/t21-,23-,24-/m1/s1. The summed E-state index contributed by atoms with van der Waals surface area (Å²) in [6.45, 7) is 8.96. The molecule has 0 aliphatic heterocycles. The second-order valence-electron chi connectivity index (χ2n) is 8.50. The molecule has 0 fully saturated rings. The fourth-order valence-electron chi connectivity index (χ4n) is 3.25. The molecule has 194 valence electrons. The number of carbonyl (C=O) groups excluding carboxylic acids is 3. The number of amides is 2. The maximum absolute atomic E-state index is 13.0. The van der Waals surface area contributed by atoms with Crippen LogP contribution < -0.4 is 10.6 Å². The van der Waals surface area contributed by atoms with Crippen LogP contribution in [0.5, 0.6) is 0 Å². The predicted octanol–water partition coefficient (Wildman–Crippen LogP) is 3.77. The van der Waals surface area contributed by atoms with E-state index in [-0.39, 0.29) is 49.5 Å². The monoisotopic (exact) mass is 504 g/mol. The van der Waals surface area contributed by atoms with Gasteiger partial charge in [0.25, 0.3) is 0 Å². The van der Waals surface area contributed by atoms with Gasteiger partial charge in [-0.3, -0.25) is 14.4 Å². The Morgan fingerprint density at radius 2 is 1.86 bits per heavy atom. The van der Waals surface area contributed by atoms with Crippen LogP contribution in [0.25, 0.3) is 0 Å². The highest BCUT2D eigenvalue weighted by Gasteiger charge is 2.24. The van der Waals surface area contributed by atoms with Gasteiger partial charge >= 0.3 is 5.97 Å². The van der Waals surface area contributed by atoms with Crippen LogP contribution in [0.1, 0.15) is 51.0 Å². The number of thioether (sulfide) groups is 1. The molecule has 0 radical (unpaired) electrons. The number of hydrogen-bond donors (Lipinski definition) is 3. The van der Waals surface area contributed by atoms with E-state index in [2.05, 4.69) is 23.8 Å². The van der Waals surface area contributed by atoms with E-state index in [4.69, 9.17) is 9.84 Å². The van der Waals surface area contributed by atoms with E-state index in [1.807, 2.05) is 36.4 Å². The second-order valence-corrected chi connectivity index (χ2v) is 9.53. The van der Waals surface area contributed by atoms with Crippen molar-refractivity contribution >= 4 is 29.5 Å². The zero-order valence-electron chi connectivity index (χ0n) is 20.7. The molecular weight excluding hydrogens is 464 g/mol. The average molecular weight is 505 g/mol. The van der Waals surface area contributed by atoms with Crippen molar-refractivity contribution in [1.82, 2.24) is 10.6 Å². The summed E-state index contributed by atoms with van der Waals surface area (Å²) in [6.07, 6.45) is 6.54. The number of esters is 1. The summed E-state index contributed by atoms with van der Waals surface area (Å²) < 4.78 is 5.46. The van der Waals surface area contributed by atoms with Crippen molar-refractivity contribution in [2.24, 2.45) is 5.92 Å². The lowest BCUT2D eigenvalue weighted by Gasteiger charge is -2.22. The number of hydrogen-bond acceptors (Lipinski definition) is 6. The number of ether oxygens (including phenoxy) is 1. The molecule has 0 bridgehead atoms. The van der Waals surface area contributed by atoms with Crippen LogP contribution in [0.4, 0.5) is 0 Å². The maximum atomic E-state index is 13.0. The number of rotatable bonds is 19. The predicted molar refractivity (Wildman–Crippen MR) is 142 cm³/mol. The van der Waals surface area contributed by atoms with Gasteiger partial charge in [-0.25, -0.2) is 0 Å². The number of allylic oxidation sites excluding steroid dienone is 2. The molecule has 0 saturated heterocycles. The number of benzene rings is 1. The summed E-state index contributed by atoms with van der Waals surface area (Å²) in [5.74, 6) is -0.173. The molecule has 0 aliphatic carbocycles. The summed E-state index contributed by atoms with van der Waals surface area (Å²) in [4.78, 5) is 37.4. The Bertz CT molecular complexity index is 787. The van der Waals surface area contributed by atoms with Crippen molar-refractivity contribution in [2.75, 3.05) is 19.0 Å². The van der Waals surface area contributed by atoms with Crippen LogP contribution in [-0.2, 0) is 24.9 Å². The Hall–Kier alpha value is -2.58. The molecule has 0 unspecified atom stereocenters. The third-order valence-corrected chi connectivity index (χ3v) is 6.37. The quantitative estimate of drug-likeness (QED) is 0.150. The van der Waals surface area contributed by atoms with Crippen LogP contribution in [-0.4, -0.2) is 53.9 Å². The SMILES string of the molecule is C=CCCCCC(=O)OC[C@H](CSCc1ccccc1)NC(=O)[C@H](CC=C)CC(=O)N[C@H](C)CO. The van der Waals surface area contributed by atoms with Crippen molar-refractivity contribution in [1.29, 1.82) is 0 Å². The fraction of sp³-hybridized carbons (Fsp3) is 0.519. The van der Waals surface area contributed by atoms with Crippen LogP contribution in [0, 0.1) is 5.92 Å². The Balaban J connectivity index is 2.71. The normalized spacial score (nSPS) is 13.2. The number of nitrogens with one attached hydrogen (secondary N) is 2. The molecule has 0 aromatic heterocycles. The van der Waals surface area contributed by atoms with Gasteiger partial charge in [-0.2, -0.15) is 11.8 Å². The summed E-state index contributed by atoms with van der Waals surface area (Å²) in [7, 11) is 0. The molecule has 0 aliphatic rings. The summed E-state index contributed by atoms with van der Waals surface area (Å²) in [5, 5.41) is 14.8. The number of unbranched alkanes of at least 4 members (excludes halogenated alkanes) is 2. The Kier molecular flexibility index (Phi) is 16.3. The Morgan fingerprint density at radius 3 is 2.51 bits per heavy atom. The molecule has 7 nitrogen and oxygen atoms in total. The van der Waals surface area contributed by atoms with E-state index in [9.17, 15) is 14.4 Å². The van der Waals surface area contributed by atoms with E-state index < -0.39 is 5.92 Å². The molecule has 1 aromatic rings. The molecule has 0 heterocycles. The average Bonchev–Trinajstić information content (AvgIpc) is 2.85. The zero-order chi connectivity index (χ0) is 25.9. The van der Waals surface area contributed by atoms with E-state index in [0.29, 0.717) is 18.6 Å². The highest BCUT2D eigenvalue weighted by molar-refractivity contribution is 7.98. The number of aliphatic hydroxyl groups is 1. The largest absolute Gasteiger partial charge is 0.463 e. The highest BCUT2D eigenvalue weighted by atomic mass is 32.2. The lowest BCUT2D eigenvalue weighted by molar-refractivity contribution is -0.145. The van der Waals surface area contributed by atoms with Gasteiger partial charge in [0.1, 0.15) is 6.61 Å². The van der Waals surface area contributed by atoms with Crippen molar-refractivity contribution in [3.05, 3.63) is 61.2 Å². The molecular formula is C27H40N2O5S. The first-order valence-electron chi connectivity index (χ1n) is 12.1. The highest BCUT2D eigenvalue weighted by Crippen LogP contribution is 2.15. The topological polar surface area (TPSA) is 105 Å². The molecule has 2 amide bonds. The van der Waals surface area contributed by atoms with Gasteiger partial charge in [-0.15, -0.1) is 13.2 Å². The van der Waals surface area contributed by atoms with Crippen molar-refractivity contribution in [3.8, 4) is 0 Å². The summed E-state index contributed by atoms with van der Waals surface area (Å²) in [5.41, 5.74) is 1.17. The maximum Gasteiger partial charge on any atom is 0.305 e.